The average molecular weight is 203 g/mol. The lowest BCUT2D eigenvalue weighted by molar-refractivity contribution is -0.136. The fourth-order valence-electron chi connectivity index (χ4n) is 1.44. The van der Waals surface area contributed by atoms with Crippen LogP contribution in [0.15, 0.2) is 0 Å². The van der Waals surface area contributed by atoms with Gasteiger partial charge in [-0.1, -0.05) is 13.3 Å². The number of carboxylic acid groups (broad SMARTS) is 1. The van der Waals surface area contributed by atoms with Crippen molar-refractivity contribution in [3.05, 3.63) is 0 Å². The van der Waals surface area contributed by atoms with Crippen LogP contribution in [0.3, 0.4) is 0 Å². The van der Waals surface area contributed by atoms with Crippen molar-refractivity contribution in [2.24, 2.45) is 5.92 Å². The van der Waals surface area contributed by atoms with Crippen molar-refractivity contribution in [2.45, 2.75) is 32.6 Å². The normalized spacial score (nSPS) is 12.7. The summed E-state index contributed by atoms with van der Waals surface area (Å²) in [5.74, 6) is -0.300. The molecule has 0 aliphatic heterocycles. The van der Waals surface area contributed by atoms with Gasteiger partial charge < -0.3 is 15.5 Å². The first kappa shape index (κ1) is 13.4. The second kappa shape index (κ2) is 8.97. The second-order valence-electron chi connectivity index (χ2n) is 3.51. The van der Waals surface area contributed by atoms with Gasteiger partial charge in [-0.25, -0.2) is 0 Å². The molecule has 0 rings (SSSR count). The monoisotopic (exact) mass is 203 g/mol. The first-order valence-electron chi connectivity index (χ1n) is 5.24. The van der Waals surface area contributed by atoms with Crippen molar-refractivity contribution in [1.82, 2.24) is 5.32 Å². The molecule has 0 aliphatic rings. The van der Waals surface area contributed by atoms with Crippen LogP contribution in [0.2, 0.25) is 0 Å². The van der Waals surface area contributed by atoms with Gasteiger partial charge in [0.05, 0.1) is 6.42 Å². The van der Waals surface area contributed by atoms with E-state index < -0.39 is 5.97 Å². The zero-order valence-electron chi connectivity index (χ0n) is 8.83. The SMILES string of the molecule is CCCC(CCO)CNCCC(=O)O. The summed E-state index contributed by atoms with van der Waals surface area (Å²) in [7, 11) is 0. The van der Waals surface area contributed by atoms with Crippen molar-refractivity contribution in [3.63, 3.8) is 0 Å². The lowest BCUT2D eigenvalue weighted by Gasteiger charge is -2.14. The molecule has 0 spiro atoms. The molecule has 1 atom stereocenters. The maximum atomic E-state index is 10.2. The maximum Gasteiger partial charge on any atom is 0.304 e. The summed E-state index contributed by atoms with van der Waals surface area (Å²) in [4.78, 5) is 10.2. The number of aliphatic hydroxyl groups is 1. The van der Waals surface area contributed by atoms with Crippen LogP contribution in [0.5, 0.6) is 0 Å². The minimum atomic E-state index is -0.772. The van der Waals surface area contributed by atoms with Crippen LogP contribution in [0.4, 0.5) is 0 Å². The molecule has 0 saturated carbocycles. The highest BCUT2D eigenvalue weighted by Gasteiger charge is 2.06. The van der Waals surface area contributed by atoms with Gasteiger partial charge in [0.1, 0.15) is 0 Å². The first-order chi connectivity index (χ1) is 6.70. The van der Waals surface area contributed by atoms with Crippen molar-refractivity contribution in [1.29, 1.82) is 0 Å². The van der Waals surface area contributed by atoms with Gasteiger partial charge in [0, 0.05) is 13.2 Å². The van der Waals surface area contributed by atoms with E-state index in [-0.39, 0.29) is 13.0 Å². The van der Waals surface area contributed by atoms with Crippen LogP contribution in [-0.2, 0) is 4.79 Å². The third-order valence-electron chi connectivity index (χ3n) is 2.18. The fraction of sp³-hybridized carbons (Fsp3) is 0.900. The van der Waals surface area contributed by atoms with E-state index in [0.29, 0.717) is 12.5 Å². The Morgan fingerprint density at radius 2 is 2.14 bits per heavy atom. The smallest absolute Gasteiger partial charge is 0.304 e. The Bertz CT molecular complexity index is 144. The number of aliphatic carboxylic acids is 1. The van der Waals surface area contributed by atoms with Crippen molar-refractivity contribution >= 4 is 5.97 Å². The Morgan fingerprint density at radius 3 is 2.64 bits per heavy atom. The fourth-order valence-corrected chi connectivity index (χ4v) is 1.44. The van der Waals surface area contributed by atoms with Gasteiger partial charge in [-0.05, 0) is 25.3 Å². The highest BCUT2D eigenvalue weighted by Crippen LogP contribution is 2.08. The van der Waals surface area contributed by atoms with E-state index in [0.717, 1.165) is 25.8 Å². The van der Waals surface area contributed by atoms with E-state index in [2.05, 4.69) is 12.2 Å². The zero-order chi connectivity index (χ0) is 10.8. The summed E-state index contributed by atoms with van der Waals surface area (Å²) >= 11 is 0. The topological polar surface area (TPSA) is 69.6 Å². The second-order valence-corrected chi connectivity index (χ2v) is 3.51. The maximum absolute atomic E-state index is 10.2. The molecule has 1 unspecified atom stereocenters. The standard InChI is InChI=1S/C10H21NO3/c1-2-3-9(5-7-12)8-11-6-4-10(13)14/h9,11-12H,2-8H2,1H3,(H,13,14). The highest BCUT2D eigenvalue weighted by molar-refractivity contribution is 5.66. The summed E-state index contributed by atoms with van der Waals surface area (Å²) in [5.41, 5.74) is 0. The van der Waals surface area contributed by atoms with Crippen LogP contribution in [0, 0.1) is 5.92 Å². The molecule has 0 heterocycles. The number of aliphatic hydroxyl groups excluding tert-OH is 1. The Kier molecular flexibility index (Phi) is 8.57. The quantitative estimate of drug-likeness (QED) is 0.486. The van der Waals surface area contributed by atoms with E-state index in [9.17, 15) is 4.79 Å². The predicted octanol–water partition coefficient (Wildman–Crippen LogP) is 0.849. The van der Waals surface area contributed by atoms with E-state index in [1.165, 1.54) is 0 Å². The molecular weight excluding hydrogens is 182 g/mol. The molecule has 0 aromatic rings. The number of hydrogen-bond acceptors (Lipinski definition) is 3. The first-order valence-corrected chi connectivity index (χ1v) is 5.24. The van der Waals surface area contributed by atoms with Crippen LogP contribution in [0.1, 0.15) is 32.6 Å². The molecular formula is C10H21NO3. The molecule has 4 heteroatoms. The molecule has 14 heavy (non-hydrogen) atoms. The van der Waals surface area contributed by atoms with E-state index >= 15 is 0 Å². The molecule has 0 radical (unpaired) electrons. The Balaban J connectivity index is 3.44. The van der Waals surface area contributed by atoms with Crippen LogP contribution in [0.25, 0.3) is 0 Å². The Hall–Kier alpha value is -0.610. The molecule has 0 aromatic heterocycles. The third kappa shape index (κ3) is 8.01. The molecule has 0 aromatic carbocycles. The molecule has 3 N–H and O–H groups in total. The molecule has 0 saturated heterocycles. The largest absolute Gasteiger partial charge is 0.481 e. The number of carbonyl (C=O) groups is 1. The van der Waals surface area contributed by atoms with Crippen molar-refractivity contribution in [2.75, 3.05) is 19.7 Å². The van der Waals surface area contributed by atoms with E-state index in [1.54, 1.807) is 0 Å². The minimum absolute atomic E-state index is 0.165. The summed E-state index contributed by atoms with van der Waals surface area (Å²) in [6.45, 7) is 3.65. The lowest BCUT2D eigenvalue weighted by Crippen LogP contribution is -2.25. The molecule has 0 fully saturated rings. The molecule has 0 amide bonds. The van der Waals surface area contributed by atoms with E-state index in [4.69, 9.17) is 10.2 Å². The molecule has 4 nitrogen and oxygen atoms in total. The van der Waals surface area contributed by atoms with Gasteiger partial charge in [-0.15, -0.1) is 0 Å². The Labute approximate surface area is 85.3 Å². The molecule has 84 valence electrons. The Morgan fingerprint density at radius 1 is 1.43 bits per heavy atom. The van der Waals surface area contributed by atoms with Crippen LogP contribution < -0.4 is 5.32 Å². The van der Waals surface area contributed by atoms with Gasteiger partial charge in [0.15, 0.2) is 0 Å². The van der Waals surface area contributed by atoms with Gasteiger partial charge >= 0.3 is 5.97 Å². The number of carboxylic acids is 1. The van der Waals surface area contributed by atoms with Crippen LogP contribution in [-0.4, -0.2) is 35.9 Å². The van der Waals surface area contributed by atoms with Gasteiger partial charge in [0.25, 0.3) is 0 Å². The summed E-state index contributed by atoms with van der Waals surface area (Å²) in [6.07, 6.45) is 3.15. The van der Waals surface area contributed by atoms with E-state index in [1.807, 2.05) is 0 Å². The third-order valence-corrected chi connectivity index (χ3v) is 2.18. The van der Waals surface area contributed by atoms with Crippen molar-refractivity contribution < 1.29 is 15.0 Å². The highest BCUT2D eigenvalue weighted by atomic mass is 16.4. The summed E-state index contributed by atoms with van der Waals surface area (Å²) in [5, 5.41) is 20.3. The average Bonchev–Trinajstić information content (AvgIpc) is 2.12. The van der Waals surface area contributed by atoms with Crippen LogP contribution >= 0.6 is 0 Å². The lowest BCUT2D eigenvalue weighted by atomic mass is 10.0. The van der Waals surface area contributed by atoms with Crippen molar-refractivity contribution in [3.8, 4) is 0 Å². The number of nitrogens with one attached hydrogen (secondary N) is 1. The van der Waals surface area contributed by atoms with Gasteiger partial charge in [0.2, 0.25) is 0 Å². The van der Waals surface area contributed by atoms with Gasteiger partial charge in [-0.3, -0.25) is 4.79 Å². The molecule has 0 bridgehead atoms. The minimum Gasteiger partial charge on any atom is -0.481 e. The zero-order valence-corrected chi connectivity index (χ0v) is 8.83. The number of rotatable bonds is 9. The summed E-state index contributed by atoms with van der Waals surface area (Å²) < 4.78 is 0. The predicted molar refractivity (Wildman–Crippen MR) is 55.2 cm³/mol. The number of hydrogen-bond donors (Lipinski definition) is 3. The molecule has 0 aliphatic carbocycles. The summed E-state index contributed by atoms with van der Waals surface area (Å²) in [6, 6.07) is 0. The van der Waals surface area contributed by atoms with Gasteiger partial charge in [-0.2, -0.15) is 0 Å².